The Morgan fingerprint density at radius 3 is 2.76 bits per heavy atom. The van der Waals surface area contributed by atoms with E-state index in [9.17, 15) is 0 Å². The van der Waals surface area contributed by atoms with Gasteiger partial charge in [0.1, 0.15) is 11.6 Å². The molecule has 0 amide bonds. The van der Waals surface area contributed by atoms with Crippen LogP contribution in [0.15, 0.2) is 18.2 Å². The van der Waals surface area contributed by atoms with E-state index in [1.165, 1.54) is 19.3 Å². The number of hydrogen-bond donors (Lipinski definition) is 3. The zero-order valence-electron chi connectivity index (χ0n) is 10.6. The first-order valence-electron chi connectivity index (χ1n) is 6.41. The molecule has 0 spiro atoms. The van der Waals surface area contributed by atoms with Gasteiger partial charge in [0.2, 0.25) is 0 Å². The van der Waals surface area contributed by atoms with Crippen molar-refractivity contribution in [2.75, 3.05) is 10.7 Å². The molecule has 1 fully saturated rings. The second-order valence-corrected chi connectivity index (χ2v) is 5.07. The first kappa shape index (κ1) is 12.2. The number of anilines is 2. The third kappa shape index (κ3) is 2.88. The van der Waals surface area contributed by atoms with Gasteiger partial charge in [0.25, 0.3) is 0 Å². The van der Waals surface area contributed by atoms with Crippen LogP contribution in [-0.2, 0) is 0 Å². The zero-order valence-corrected chi connectivity index (χ0v) is 10.6. The Labute approximate surface area is 103 Å². The second-order valence-electron chi connectivity index (χ2n) is 5.07. The zero-order chi connectivity index (χ0) is 12.3. The average Bonchev–Trinajstić information content (AvgIpc) is 2.35. The summed E-state index contributed by atoms with van der Waals surface area (Å²) in [4.78, 5) is 4.40. The summed E-state index contributed by atoms with van der Waals surface area (Å²) in [6.07, 6.45) is 3.88. The number of nitrogen functional groups attached to an aromatic ring is 1. The maximum absolute atomic E-state index is 5.36. The summed E-state index contributed by atoms with van der Waals surface area (Å²) in [6, 6.07) is 6.34. The lowest BCUT2D eigenvalue weighted by molar-refractivity contribution is 0.253. The van der Waals surface area contributed by atoms with Crippen LogP contribution in [0.5, 0.6) is 0 Å². The van der Waals surface area contributed by atoms with Crippen molar-refractivity contribution in [2.24, 2.45) is 17.7 Å². The number of hydrazine groups is 1. The summed E-state index contributed by atoms with van der Waals surface area (Å²) in [5.74, 6) is 8.45. The average molecular weight is 234 g/mol. The molecule has 0 aromatic carbocycles. The van der Waals surface area contributed by atoms with E-state index in [-0.39, 0.29) is 0 Å². The van der Waals surface area contributed by atoms with Crippen molar-refractivity contribution in [1.82, 2.24) is 4.98 Å². The predicted octanol–water partition coefficient (Wildman–Crippen LogP) is 2.60. The first-order valence-corrected chi connectivity index (χ1v) is 6.41. The Morgan fingerprint density at radius 1 is 1.24 bits per heavy atom. The quantitative estimate of drug-likeness (QED) is 0.555. The molecule has 3 atom stereocenters. The highest BCUT2D eigenvalue weighted by Crippen LogP contribution is 2.31. The smallest absolute Gasteiger partial charge is 0.142 e. The van der Waals surface area contributed by atoms with Crippen molar-refractivity contribution < 1.29 is 0 Å². The van der Waals surface area contributed by atoms with Gasteiger partial charge >= 0.3 is 0 Å². The van der Waals surface area contributed by atoms with E-state index in [1.54, 1.807) is 0 Å². The Kier molecular flexibility index (Phi) is 3.84. The molecule has 0 bridgehead atoms. The maximum Gasteiger partial charge on any atom is 0.142 e. The van der Waals surface area contributed by atoms with Crippen LogP contribution in [0.1, 0.15) is 33.1 Å². The SMILES string of the molecule is CC1CCCC(Nc2cccc(NN)n2)C1C. The fourth-order valence-electron chi connectivity index (χ4n) is 2.57. The standard InChI is InChI=1S/C13H22N4/c1-9-5-3-6-11(10(9)2)15-12-7-4-8-13(16-12)17-14/h4,7-11H,3,5-6,14H2,1-2H3,(H2,15,16,17). The van der Waals surface area contributed by atoms with Crippen molar-refractivity contribution in [3.8, 4) is 0 Å². The van der Waals surface area contributed by atoms with E-state index in [0.29, 0.717) is 17.8 Å². The van der Waals surface area contributed by atoms with Crippen LogP contribution in [0.3, 0.4) is 0 Å². The molecule has 1 saturated carbocycles. The summed E-state index contributed by atoms with van der Waals surface area (Å²) in [6.45, 7) is 4.66. The van der Waals surface area contributed by atoms with Gasteiger partial charge < -0.3 is 10.7 Å². The number of nitrogens with two attached hydrogens (primary N) is 1. The van der Waals surface area contributed by atoms with Gasteiger partial charge in [-0.3, -0.25) is 0 Å². The second kappa shape index (κ2) is 5.36. The molecule has 1 aliphatic rings. The monoisotopic (exact) mass is 234 g/mol. The molecule has 4 N–H and O–H groups in total. The molecule has 0 aliphatic heterocycles. The highest BCUT2D eigenvalue weighted by molar-refractivity contribution is 5.45. The van der Waals surface area contributed by atoms with Gasteiger partial charge in [-0.1, -0.05) is 32.8 Å². The highest BCUT2D eigenvalue weighted by Gasteiger charge is 2.26. The molecular weight excluding hydrogens is 212 g/mol. The number of hydrogen-bond acceptors (Lipinski definition) is 4. The van der Waals surface area contributed by atoms with Gasteiger partial charge in [0, 0.05) is 6.04 Å². The van der Waals surface area contributed by atoms with E-state index < -0.39 is 0 Å². The van der Waals surface area contributed by atoms with E-state index in [1.807, 2.05) is 18.2 Å². The molecular formula is C13H22N4. The normalized spacial score (nSPS) is 28.8. The van der Waals surface area contributed by atoms with Gasteiger partial charge in [0.15, 0.2) is 0 Å². The maximum atomic E-state index is 5.36. The molecule has 0 radical (unpaired) electrons. The van der Waals surface area contributed by atoms with Crippen LogP contribution in [0.2, 0.25) is 0 Å². The molecule has 1 aromatic heterocycles. The lowest BCUT2D eigenvalue weighted by Crippen LogP contribution is -2.35. The minimum Gasteiger partial charge on any atom is -0.367 e. The predicted molar refractivity (Wildman–Crippen MR) is 71.6 cm³/mol. The fourth-order valence-corrected chi connectivity index (χ4v) is 2.57. The fraction of sp³-hybridized carbons (Fsp3) is 0.615. The van der Waals surface area contributed by atoms with Gasteiger partial charge in [-0.2, -0.15) is 0 Å². The summed E-state index contributed by atoms with van der Waals surface area (Å²) in [5, 5.41) is 3.53. The van der Waals surface area contributed by atoms with Crippen LogP contribution in [0, 0.1) is 11.8 Å². The topological polar surface area (TPSA) is 63.0 Å². The van der Waals surface area contributed by atoms with Crippen LogP contribution in [-0.4, -0.2) is 11.0 Å². The number of rotatable bonds is 3. The molecule has 94 valence electrons. The van der Waals surface area contributed by atoms with E-state index >= 15 is 0 Å². The lowest BCUT2D eigenvalue weighted by Gasteiger charge is -2.34. The van der Waals surface area contributed by atoms with Crippen molar-refractivity contribution in [3.63, 3.8) is 0 Å². The van der Waals surface area contributed by atoms with Gasteiger partial charge in [0.05, 0.1) is 0 Å². The molecule has 17 heavy (non-hydrogen) atoms. The minimum absolute atomic E-state index is 0.527. The van der Waals surface area contributed by atoms with Crippen LogP contribution in [0.4, 0.5) is 11.6 Å². The lowest BCUT2D eigenvalue weighted by atomic mass is 9.78. The molecule has 0 saturated heterocycles. The molecule has 4 nitrogen and oxygen atoms in total. The Morgan fingerprint density at radius 2 is 2.00 bits per heavy atom. The summed E-state index contributed by atoms with van der Waals surface area (Å²) in [5.41, 5.74) is 2.57. The molecule has 1 heterocycles. The Bertz CT molecular complexity index is 366. The summed E-state index contributed by atoms with van der Waals surface area (Å²) >= 11 is 0. The van der Waals surface area contributed by atoms with E-state index in [4.69, 9.17) is 5.84 Å². The Hall–Kier alpha value is -1.29. The number of nitrogens with zero attached hydrogens (tertiary/aromatic N) is 1. The van der Waals surface area contributed by atoms with E-state index in [2.05, 4.69) is 29.6 Å². The van der Waals surface area contributed by atoms with E-state index in [0.717, 1.165) is 11.7 Å². The van der Waals surface area contributed by atoms with Crippen LogP contribution in [0.25, 0.3) is 0 Å². The largest absolute Gasteiger partial charge is 0.367 e. The third-order valence-electron chi connectivity index (χ3n) is 3.94. The molecule has 1 aliphatic carbocycles. The van der Waals surface area contributed by atoms with Crippen LogP contribution < -0.4 is 16.6 Å². The summed E-state index contributed by atoms with van der Waals surface area (Å²) < 4.78 is 0. The third-order valence-corrected chi connectivity index (χ3v) is 3.94. The summed E-state index contributed by atoms with van der Waals surface area (Å²) in [7, 11) is 0. The minimum atomic E-state index is 0.527. The van der Waals surface area contributed by atoms with Crippen molar-refractivity contribution in [3.05, 3.63) is 18.2 Å². The molecule has 2 rings (SSSR count). The van der Waals surface area contributed by atoms with Gasteiger partial charge in [-0.05, 0) is 30.4 Å². The van der Waals surface area contributed by atoms with Gasteiger partial charge in [-0.25, -0.2) is 10.8 Å². The van der Waals surface area contributed by atoms with Crippen LogP contribution >= 0.6 is 0 Å². The van der Waals surface area contributed by atoms with Gasteiger partial charge in [-0.15, -0.1) is 0 Å². The molecule has 3 unspecified atom stereocenters. The number of nitrogens with one attached hydrogen (secondary N) is 2. The van der Waals surface area contributed by atoms with Crippen molar-refractivity contribution in [1.29, 1.82) is 0 Å². The first-order chi connectivity index (χ1) is 8.20. The Balaban J connectivity index is 2.04. The van der Waals surface area contributed by atoms with Crippen molar-refractivity contribution >= 4 is 11.6 Å². The van der Waals surface area contributed by atoms with Crippen molar-refractivity contribution in [2.45, 2.75) is 39.2 Å². The molecule has 4 heteroatoms. The number of aromatic nitrogens is 1. The molecule has 1 aromatic rings. The highest BCUT2D eigenvalue weighted by atomic mass is 15.3. The number of pyridine rings is 1.